The molecule has 0 bridgehead atoms. The molecule has 1 nitrogen and oxygen atoms in total. The van der Waals surface area contributed by atoms with E-state index in [2.05, 4.69) is 0 Å². The van der Waals surface area contributed by atoms with Gasteiger partial charge in [0.05, 0.1) is 6.67 Å². The highest BCUT2D eigenvalue weighted by atomic mass is 19.2. The number of rotatable bonds is 3. The van der Waals surface area contributed by atoms with E-state index in [0.29, 0.717) is 0 Å². The van der Waals surface area contributed by atoms with Crippen LogP contribution in [0.2, 0.25) is 0 Å². The molecule has 0 saturated heterocycles. The van der Waals surface area contributed by atoms with Gasteiger partial charge in [-0.15, -0.1) is 0 Å². The molecule has 1 rings (SSSR count). The zero-order valence-electron chi connectivity index (χ0n) is 6.93. The number of nitrogens with two attached hydrogens (primary N) is 1. The molecule has 0 amide bonds. The third kappa shape index (κ3) is 2.21. The summed E-state index contributed by atoms with van der Waals surface area (Å²) in [5.41, 5.74) is 5.45. The fraction of sp³-hybridized carbons (Fsp3) is 0.333. The number of hydrogen-bond donors (Lipinski definition) is 1. The lowest BCUT2D eigenvalue weighted by atomic mass is 10.0. The lowest BCUT2D eigenvalue weighted by Crippen LogP contribution is -2.13. The van der Waals surface area contributed by atoms with Gasteiger partial charge in [0.1, 0.15) is 0 Å². The summed E-state index contributed by atoms with van der Waals surface area (Å²) in [7, 11) is 0. The Bertz CT molecular complexity index is 288. The van der Waals surface area contributed by atoms with Crippen LogP contribution in [-0.2, 0) is 0 Å². The minimum Gasteiger partial charge on any atom is -0.324 e. The summed E-state index contributed by atoms with van der Waals surface area (Å²) in [5.74, 6) is -1.93. The molecular weight excluding hydrogens is 179 g/mol. The van der Waals surface area contributed by atoms with Crippen LogP contribution in [0, 0.1) is 11.6 Å². The van der Waals surface area contributed by atoms with Crippen LogP contribution in [0.5, 0.6) is 0 Å². The van der Waals surface area contributed by atoms with Gasteiger partial charge in [-0.25, -0.2) is 8.78 Å². The Hall–Kier alpha value is -1.03. The first kappa shape index (κ1) is 10.1. The van der Waals surface area contributed by atoms with Crippen molar-refractivity contribution < 1.29 is 13.2 Å². The lowest BCUT2D eigenvalue weighted by molar-refractivity contribution is 0.427. The van der Waals surface area contributed by atoms with Gasteiger partial charge in [0.2, 0.25) is 0 Å². The Morgan fingerprint density at radius 3 is 2.62 bits per heavy atom. The number of benzene rings is 1. The van der Waals surface area contributed by atoms with E-state index in [4.69, 9.17) is 5.73 Å². The average Bonchev–Trinajstić information content (AvgIpc) is 2.10. The molecule has 0 fully saturated rings. The molecule has 1 atom stereocenters. The highest BCUT2D eigenvalue weighted by Gasteiger charge is 2.13. The summed E-state index contributed by atoms with van der Waals surface area (Å²) in [6, 6.07) is 2.94. The SMILES string of the molecule is N[C@H](CCF)c1cccc(F)c1F. The van der Waals surface area contributed by atoms with Crippen molar-refractivity contribution in [1.29, 1.82) is 0 Å². The normalized spacial score (nSPS) is 12.9. The van der Waals surface area contributed by atoms with Crippen molar-refractivity contribution in [1.82, 2.24) is 0 Å². The highest BCUT2D eigenvalue weighted by molar-refractivity contribution is 5.22. The van der Waals surface area contributed by atoms with Crippen LogP contribution in [0.4, 0.5) is 13.2 Å². The molecule has 0 spiro atoms. The van der Waals surface area contributed by atoms with Gasteiger partial charge < -0.3 is 5.73 Å². The molecule has 0 heterocycles. The largest absolute Gasteiger partial charge is 0.324 e. The maximum absolute atomic E-state index is 13.0. The van der Waals surface area contributed by atoms with Crippen molar-refractivity contribution in [3.05, 3.63) is 35.4 Å². The van der Waals surface area contributed by atoms with Crippen molar-refractivity contribution in [2.24, 2.45) is 5.73 Å². The molecule has 0 aliphatic heterocycles. The Labute approximate surface area is 74.4 Å². The molecule has 0 saturated carbocycles. The van der Waals surface area contributed by atoms with Gasteiger partial charge in [-0.2, -0.15) is 0 Å². The van der Waals surface area contributed by atoms with Crippen molar-refractivity contribution in [3.63, 3.8) is 0 Å². The molecule has 0 unspecified atom stereocenters. The van der Waals surface area contributed by atoms with Gasteiger partial charge in [-0.1, -0.05) is 12.1 Å². The molecular formula is C9H10F3N. The Morgan fingerprint density at radius 2 is 2.00 bits per heavy atom. The van der Waals surface area contributed by atoms with E-state index >= 15 is 0 Å². The molecule has 2 N–H and O–H groups in total. The van der Waals surface area contributed by atoms with Gasteiger partial charge in [0.25, 0.3) is 0 Å². The molecule has 0 aliphatic rings. The van der Waals surface area contributed by atoms with Gasteiger partial charge in [0, 0.05) is 11.6 Å². The molecule has 13 heavy (non-hydrogen) atoms. The van der Waals surface area contributed by atoms with E-state index in [9.17, 15) is 13.2 Å². The van der Waals surface area contributed by atoms with Crippen molar-refractivity contribution >= 4 is 0 Å². The monoisotopic (exact) mass is 189 g/mol. The van der Waals surface area contributed by atoms with Crippen LogP contribution in [0.1, 0.15) is 18.0 Å². The topological polar surface area (TPSA) is 26.0 Å². The lowest BCUT2D eigenvalue weighted by Gasteiger charge is -2.10. The molecule has 1 aromatic carbocycles. The van der Waals surface area contributed by atoms with E-state index in [-0.39, 0.29) is 12.0 Å². The maximum Gasteiger partial charge on any atom is 0.163 e. The zero-order valence-corrected chi connectivity index (χ0v) is 6.93. The summed E-state index contributed by atoms with van der Waals surface area (Å²) in [6.45, 7) is -0.642. The van der Waals surface area contributed by atoms with E-state index in [1.54, 1.807) is 0 Å². The molecule has 0 aromatic heterocycles. The summed E-state index contributed by atoms with van der Waals surface area (Å²) in [5, 5.41) is 0. The minimum absolute atomic E-state index is 0.000370. The molecule has 1 aromatic rings. The smallest absolute Gasteiger partial charge is 0.163 e. The van der Waals surface area contributed by atoms with E-state index in [1.165, 1.54) is 12.1 Å². The van der Waals surface area contributed by atoms with E-state index in [0.717, 1.165) is 6.07 Å². The first-order valence-corrected chi connectivity index (χ1v) is 3.92. The van der Waals surface area contributed by atoms with Crippen LogP contribution in [0.15, 0.2) is 18.2 Å². The van der Waals surface area contributed by atoms with Crippen LogP contribution in [0.25, 0.3) is 0 Å². The van der Waals surface area contributed by atoms with Crippen molar-refractivity contribution in [2.75, 3.05) is 6.67 Å². The first-order chi connectivity index (χ1) is 6.16. The third-order valence-corrected chi connectivity index (χ3v) is 1.80. The molecule has 72 valence electrons. The summed E-state index contributed by atoms with van der Waals surface area (Å²) >= 11 is 0. The highest BCUT2D eigenvalue weighted by Crippen LogP contribution is 2.19. The first-order valence-electron chi connectivity index (χ1n) is 3.92. The maximum atomic E-state index is 13.0. The van der Waals surface area contributed by atoms with Crippen LogP contribution >= 0.6 is 0 Å². The fourth-order valence-electron chi connectivity index (χ4n) is 1.08. The second-order valence-electron chi connectivity index (χ2n) is 2.73. The van der Waals surface area contributed by atoms with E-state index in [1.807, 2.05) is 0 Å². The Balaban J connectivity index is 2.93. The van der Waals surface area contributed by atoms with Crippen LogP contribution in [-0.4, -0.2) is 6.67 Å². The fourth-order valence-corrected chi connectivity index (χ4v) is 1.08. The van der Waals surface area contributed by atoms with Crippen LogP contribution < -0.4 is 5.73 Å². The van der Waals surface area contributed by atoms with Gasteiger partial charge in [-0.3, -0.25) is 4.39 Å². The standard InChI is InChI=1S/C9H10F3N/c10-5-4-8(13)6-2-1-3-7(11)9(6)12/h1-3,8H,4-5,13H2/t8-/m1/s1. The molecule has 4 heteroatoms. The Morgan fingerprint density at radius 1 is 1.31 bits per heavy atom. The zero-order chi connectivity index (χ0) is 9.84. The van der Waals surface area contributed by atoms with Crippen molar-refractivity contribution in [3.8, 4) is 0 Å². The van der Waals surface area contributed by atoms with Crippen LogP contribution in [0.3, 0.4) is 0 Å². The third-order valence-electron chi connectivity index (χ3n) is 1.80. The molecule has 0 aliphatic carbocycles. The number of hydrogen-bond acceptors (Lipinski definition) is 1. The molecule has 0 radical (unpaired) electrons. The summed E-state index contributed by atoms with van der Waals surface area (Å²) in [6.07, 6.45) is 0.000370. The quantitative estimate of drug-likeness (QED) is 0.775. The van der Waals surface area contributed by atoms with Gasteiger partial charge in [-0.05, 0) is 12.5 Å². The Kier molecular flexibility index (Phi) is 3.31. The van der Waals surface area contributed by atoms with Gasteiger partial charge in [0.15, 0.2) is 11.6 Å². The second-order valence-corrected chi connectivity index (χ2v) is 2.73. The minimum atomic E-state index is -0.983. The number of alkyl halides is 1. The van der Waals surface area contributed by atoms with Crippen molar-refractivity contribution in [2.45, 2.75) is 12.5 Å². The van der Waals surface area contributed by atoms with Gasteiger partial charge >= 0.3 is 0 Å². The summed E-state index contributed by atoms with van der Waals surface area (Å²) in [4.78, 5) is 0. The summed E-state index contributed by atoms with van der Waals surface area (Å²) < 4.78 is 37.5. The predicted octanol–water partition coefficient (Wildman–Crippen LogP) is 2.32. The second kappa shape index (κ2) is 4.28. The van der Waals surface area contributed by atoms with E-state index < -0.39 is 24.4 Å². The number of halogens is 3. The predicted molar refractivity (Wildman–Crippen MR) is 43.9 cm³/mol. The average molecular weight is 189 g/mol.